The third kappa shape index (κ3) is 9.54. The molecule has 3 aliphatic heterocycles. The van der Waals surface area contributed by atoms with Gasteiger partial charge >= 0.3 is 0 Å². The van der Waals surface area contributed by atoms with Crippen molar-refractivity contribution in [2.45, 2.75) is 69.1 Å². The molecule has 63 heavy (non-hydrogen) atoms. The number of sulfonamides is 1. The molecule has 0 spiro atoms. The predicted octanol–water partition coefficient (Wildman–Crippen LogP) is 7.71. The van der Waals surface area contributed by atoms with Crippen LogP contribution in [0.2, 0.25) is 0 Å². The summed E-state index contributed by atoms with van der Waals surface area (Å²) in [5, 5.41) is 0. The molecule has 3 aliphatic rings. The van der Waals surface area contributed by atoms with Gasteiger partial charge in [0, 0.05) is 24.2 Å². The van der Waals surface area contributed by atoms with Gasteiger partial charge in [-0.1, -0.05) is 103 Å². The first kappa shape index (κ1) is 42.0. The highest BCUT2D eigenvalue weighted by molar-refractivity contribution is 7.88. The summed E-state index contributed by atoms with van der Waals surface area (Å²) in [6.45, 7) is 3.11. The Bertz CT molecular complexity index is 2700. The lowest BCUT2D eigenvalue weighted by Gasteiger charge is -2.37. The van der Waals surface area contributed by atoms with Gasteiger partial charge in [0.2, 0.25) is 21.8 Å². The van der Waals surface area contributed by atoms with Crippen LogP contribution in [0.5, 0.6) is 0 Å². The van der Waals surface area contributed by atoms with Gasteiger partial charge in [0.1, 0.15) is 23.7 Å². The number of piperidine rings is 1. The number of nitrogens with one attached hydrogen (secondary N) is 3. The number of aromatic nitrogens is 4. The number of benzene rings is 4. The number of rotatable bonds is 11. The van der Waals surface area contributed by atoms with Crippen molar-refractivity contribution >= 4 is 21.8 Å². The van der Waals surface area contributed by atoms with Gasteiger partial charge < -0.3 is 19.8 Å². The highest BCUT2D eigenvalue weighted by Crippen LogP contribution is 2.37. The molecule has 4 unspecified atom stereocenters. The molecule has 9 rings (SSSR count). The topological polar surface area (TPSA) is 147 Å². The lowest BCUT2D eigenvalue weighted by atomic mass is 10.00. The van der Waals surface area contributed by atoms with E-state index in [0.717, 1.165) is 103 Å². The first-order chi connectivity index (χ1) is 30.7. The average molecular weight is 861 g/mol. The molecule has 3 N–H and O–H groups in total. The van der Waals surface area contributed by atoms with E-state index in [1.54, 1.807) is 35.4 Å². The van der Waals surface area contributed by atoms with E-state index in [-0.39, 0.29) is 29.9 Å². The van der Waals surface area contributed by atoms with Crippen LogP contribution in [0.25, 0.3) is 22.5 Å². The van der Waals surface area contributed by atoms with E-state index < -0.39 is 16.1 Å². The number of likely N-dealkylation sites (tertiary alicyclic amines) is 3. The minimum absolute atomic E-state index is 0.0891. The minimum atomic E-state index is -3.66. The highest BCUT2D eigenvalue weighted by Gasteiger charge is 2.40. The van der Waals surface area contributed by atoms with Crippen molar-refractivity contribution in [3.63, 3.8) is 0 Å². The molecule has 3 fully saturated rings. The maximum absolute atomic E-state index is 14.3. The summed E-state index contributed by atoms with van der Waals surface area (Å²) in [5.74, 6) is 7.91. The van der Waals surface area contributed by atoms with Crippen molar-refractivity contribution in [1.82, 2.24) is 39.4 Å². The smallest absolute Gasteiger partial charge is 0.245 e. The van der Waals surface area contributed by atoms with E-state index in [9.17, 15) is 18.0 Å². The lowest BCUT2D eigenvalue weighted by molar-refractivity contribution is -0.139. The molecule has 0 aliphatic carbocycles. The number of aromatic amines is 2. The zero-order valence-corrected chi connectivity index (χ0v) is 36.2. The summed E-state index contributed by atoms with van der Waals surface area (Å²) < 4.78 is 27.1. The Morgan fingerprint density at radius 2 is 1.10 bits per heavy atom. The van der Waals surface area contributed by atoms with Gasteiger partial charge in [-0.2, -0.15) is 4.72 Å². The van der Waals surface area contributed by atoms with E-state index in [2.05, 4.69) is 48.5 Å². The molecular weight excluding hydrogens is 809 g/mol. The van der Waals surface area contributed by atoms with E-state index in [0.29, 0.717) is 24.4 Å². The molecule has 0 bridgehead atoms. The summed E-state index contributed by atoms with van der Waals surface area (Å²) in [5.41, 5.74) is 7.05. The van der Waals surface area contributed by atoms with Crippen molar-refractivity contribution in [2.24, 2.45) is 0 Å². The van der Waals surface area contributed by atoms with E-state index >= 15 is 0 Å². The van der Waals surface area contributed by atoms with Crippen LogP contribution in [-0.2, 0) is 19.6 Å². The standard InChI is InChI=1S/C50H52N8O4S/c1-63(61,62)55-45(39-13-5-2-6-14-39)49(59)57-31-11-17-43(57)47-51-33-41(53-47)37-25-21-35(22-26-37)19-20-36-23-27-38(28-24-36)42-34-52-48(54-42)44-18-12-32-58(44)50(60)46(40-15-7-3-8-16-40)56-29-9-4-10-30-56/h2-3,5-8,13-16,21-28,33-34,43-46,55H,4,9-12,17-18,29-32H2,1H3,(H,51,53)(H,52,54). The van der Waals surface area contributed by atoms with Crippen LogP contribution in [-0.4, -0.2) is 87.3 Å². The molecule has 2 amide bonds. The van der Waals surface area contributed by atoms with Crippen LogP contribution in [0.4, 0.5) is 0 Å². The summed E-state index contributed by atoms with van der Waals surface area (Å²) in [7, 11) is -3.66. The maximum Gasteiger partial charge on any atom is 0.245 e. The monoisotopic (exact) mass is 860 g/mol. The van der Waals surface area contributed by atoms with Crippen molar-refractivity contribution in [3.8, 4) is 34.4 Å². The first-order valence-electron chi connectivity index (χ1n) is 21.9. The number of imidazole rings is 2. The Morgan fingerprint density at radius 3 is 1.59 bits per heavy atom. The molecule has 3 saturated heterocycles. The molecule has 4 atom stereocenters. The minimum Gasteiger partial charge on any atom is -0.340 e. The Kier molecular flexibility index (Phi) is 12.4. The van der Waals surface area contributed by atoms with Crippen LogP contribution < -0.4 is 4.72 Å². The fraction of sp³-hybridized carbons (Fsp3) is 0.320. The lowest BCUT2D eigenvalue weighted by Crippen LogP contribution is -2.44. The fourth-order valence-electron chi connectivity index (χ4n) is 9.31. The van der Waals surface area contributed by atoms with E-state index in [4.69, 9.17) is 4.98 Å². The summed E-state index contributed by atoms with van der Waals surface area (Å²) in [6, 6.07) is 33.5. The van der Waals surface area contributed by atoms with Gasteiger partial charge in [-0.3, -0.25) is 14.5 Å². The van der Waals surface area contributed by atoms with Gasteiger partial charge in [-0.15, -0.1) is 0 Å². The van der Waals surface area contributed by atoms with Crippen molar-refractivity contribution in [3.05, 3.63) is 155 Å². The molecule has 6 aromatic rings. The highest BCUT2D eigenvalue weighted by atomic mass is 32.2. The number of carbonyl (C=O) groups excluding carboxylic acids is 2. The third-order valence-corrected chi connectivity index (χ3v) is 13.1. The second-order valence-corrected chi connectivity index (χ2v) is 18.6. The molecule has 0 saturated carbocycles. The second-order valence-electron chi connectivity index (χ2n) is 16.8. The number of hydrogen-bond donors (Lipinski definition) is 3. The first-order valence-corrected chi connectivity index (χ1v) is 23.8. The maximum atomic E-state index is 14.3. The van der Waals surface area contributed by atoms with Gasteiger partial charge in [-0.25, -0.2) is 18.4 Å². The summed E-state index contributed by atoms with van der Waals surface area (Å²) >= 11 is 0. The normalized spacial score (nSPS) is 19.1. The van der Waals surface area contributed by atoms with Gasteiger partial charge in [0.05, 0.1) is 42.1 Å². The average Bonchev–Trinajstić information content (AvgIpc) is 4.16. The SMILES string of the molecule is CS(=O)(=O)NC(C(=O)N1CCCC1c1ncc(-c2ccc(C#Cc3ccc(-c4cnc(C5CCCN5C(=O)C(c5ccccc5)N5CCCCC5)[nH]4)cc3)cc2)[nH]1)c1ccccc1. The molecule has 0 radical (unpaired) electrons. The predicted molar refractivity (Wildman–Crippen MR) is 243 cm³/mol. The number of nitrogens with zero attached hydrogens (tertiary/aromatic N) is 5. The number of amides is 2. The fourth-order valence-corrected chi connectivity index (χ4v) is 9.98. The number of hydrogen-bond acceptors (Lipinski definition) is 7. The molecule has 2 aromatic heterocycles. The number of carbonyl (C=O) groups is 2. The molecule has 5 heterocycles. The van der Waals surface area contributed by atoms with Gasteiger partial charge in [0.25, 0.3) is 0 Å². The van der Waals surface area contributed by atoms with E-state index in [1.807, 2.05) is 83.9 Å². The second kappa shape index (κ2) is 18.6. The Balaban J connectivity index is 0.838. The largest absolute Gasteiger partial charge is 0.340 e. The van der Waals surface area contributed by atoms with Gasteiger partial charge in [0.15, 0.2) is 0 Å². The van der Waals surface area contributed by atoms with E-state index in [1.165, 1.54) is 6.42 Å². The Hall–Kier alpha value is -6.33. The molecule has 322 valence electrons. The van der Waals surface area contributed by atoms with Crippen LogP contribution in [0.1, 0.15) is 103 Å². The molecular formula is C50H52N8O4S. The summed E-state index contributed by atoms with van der Waals surface area (Å²) in [4.78, 5) is 50.8. The number of H-pyrrole nitrogens is 2. The molecule has 12 nitrogen and oxygen atoms in total. The van der Waals surface area contributed by atoms with Gasteiger partial charge in [-0.05, 0) is 98.1 Å². The third-order valence-electron chi connectivity index (χ3n) is 12.5. The molecule has 13 heteroatoms. The van der Waals surface area contributed by atoms with Crippen LogP contribution in [0.3, 0.4) is 0 Å². The van der Waals surface area contributed by atoms with Crippen LogP contribution >= 0.6 is 0 Å². The van der Waals surface area contributed by atoms with Crippen molar-refractivity contribution in [1.29, 1.82) is 0 Å². The summed E-state index contributed by atoms with van der Waals surface area (Å²) in [6.07, 6.45) is 11.5. The Labute approximate surface area is 369 Å². The zero-order valence-electron chi connectivity index (χ0n) is 35.4. The Morgan fingerprint density at radius 1 is 0.619 bits per heavy atom. The molecule has 4 aromatic carbocycles. The zero-order chi connectivity index (χ0) is 43.3. The quantitative estimate of drug-likeness (QED) is 0.113. The van der Waals surface area contributed by atoms with Crippen LogP contribution in [0, 0.1) is 11.8 Å². The van der Waals surface area contributed by atoms with Crippen LogP contribution in [0.15, 0.2) is 122 Å². The van der Waals surface area contributed by atoms with Crippen molar-refractivity contribution in [2.75, 3.05) is 32.4 Å². The van der Waals surface area contributed by atoms with Crippen molar-refractivity contribution < 1.29 is 18.0 Å².